The largest absolute Gasteiger partial charge is 0.403 e. The molecule has 0 rings (SSSR count). The Bertz CT molecular complexity index is 213. The number of rotatable bonds is 5. The molecule has 0 aromatic rings. The summed E-state index contributed by atoms with van der Waals surface area (Å²) in [7, 11) is 0. The van der Waals surface area contributed by atoms with Crippen LogP contribution in [0.15, 0.2) is 0 Å². The van der Waals surface area contributed by atoms with Gasteiger partial charge in [0.05, 0.1) is 0 Å². The van der Waals surface area contributed by atoms with Crippen molar-refractivity contribution >= 4 is 0 Å². The molecule has 0 saturated heterocycles. The van der Waals surface area contributed by atoms with E-state index in [1.54, 1.807) is 6.92 Å². The maximum Gasteiger partial charge on any atom is 0.403 e. The summed E-state index contributed by atoms with van der Waals surface area (Å²) in [5.74, 6) is -1.41. The third-order valence-corrected chi connectivity index (χ3v) is 3.39. The van der Waals surface area contributed by atoms with E-state index in [4.69, 9.17) is 0 Å². The molecule has 0 saturated carbocycles. The van der Waals surface area contributed by atoms with Crippen LogP contribution in [-0.2, 0) is 0 Å². The summed E-state index contributed by atoms with van der Waals surface area (Å²) in [6, 6.07) is 0. The lowest BCUT2D eigenvalue weighted by molar-refractivity contribution is -0.352. The first kappa shape index (κ1) is 16.6. The van der Waals surface area contributed by atoms with Crippen molar-refractivity contribution in [1.82, 2.24) is 0 Å². The highest BCUT2D eigenvalue weighted by molar-refractivity contribution is 4.94. The van der Waals surface area contributed by atoms with Crippen LogP contribution in [0.5, 0.6) is 0 Å². The topological polar surface area (TPSA) is 0 Å². The molecule has 0 heterocycles. The number of unbranched alkanes of at least 4 members (excludes halogenated alkanes) is 1. The fraction of sp³-hybridized carbons (Fsp3) is 1.00. The molecule has 0 aliphatic heterocycles. The standard InChI is InChI=1S/C11H18F6/c1-4-6-7-8(5-2)9(3,10(12,13)14)11(15,16)17/h8H,4-7H2,1-3H3. The predicted octanol–water partition coefficient (Wildman–Crippen LogP) is 5.33. The van der Waals surface area contributed by atoms with Gasteiger partial charge in [0.2, 0.25) is 0 Å². The lowest BCUT2D eigenvalue weighted by Crippen LogP contribution is -2.52. The molecular weight excluding hydrogens is 246 g/mol. The van der Waals surface area contributed by atoms with Crippen molar-refractivity contribution in [2.75, 3.05) is 0 Å². The number of hydrogen-bond acceptors (Lipinski definition) is 0. The zero-order valence-corrected chi connectivity index (χ0v) is 10.2. The van der Waals surface area contributed by atoms with E-state index >= 15 is 0 Å². The molecule has 17 heavy (non-hydrogen) atoms. The van der Waals surface area contributed by atoms with Crippen LogP contribution >= 0.6 is 0 Å². The minimum Gasteiger partial charge on any atom is -0.170 e. The molecule has 0 amide bonds. The van der Waals surface area contributed by atoms with Gasteiger partial charge in [0.15, 0.2) is 5.41 Å². The molecule has 1 unspecified atom stereocenters. The van der Waals surface area contributed by atoms with Gasteiger partial charge >= 0.3 is 12.4 Å². The Morgan fingerprint density at radius 1 is 0.882 bits per heavy atom. The molecule has 0 N–H and O–H groups in total. The Labute approximate surface area is 97.4 Å². The molecule has 1 atom stereocenters. The first-order valence-corrected chi connectivity index (χ1v) is 5.65. The molecule has 0 bridgehead atoms. The van der Waals surface area contributed by atoms with Gasteiger partial charge in [-0.15, -0.1) is 0 Å². The minimum absolute atomic E-state index is 0.0531. The van der Waals surface area contributed by atoms with Gasteiger partial charge in [0.25, 0.3) is 0 Å². The summed E-state index contributed by atoms with van der Waals surface area (Å²) in [5.41, 5.74) is -3.61. The Kier molecular flexibility index (Phi) is 5.35. The van der Waals surface area contributed by atoms with Gasteiger partial charge in [-0.05, 0) is 19.3 Å². The Morgan fingerprint density at radius 3 is 1.53 bits per heavy atom. The summed E-state index contributed by atoms with van der Waals surface area (Å²) >= 11 is 0. The summed E-state index contributed by atoms with van der Waals surface area (Å²) < 4.78 is 76.5. The van der Waals surface area contributed by atoms with Crippen LogP contribution in [0, 0.1) is 11.3 Å². The molecule has 0 aliphatic rings. The average molecular weight is 264 g/mol. The third kappa shape index (κ3) is 3.28. The monoisotopic (exact) mass is 264 g/mol. The van der Waals surface area contributed by atoms with Crippen molar-refractivity contribution in [2.24, 2.45) is 11.3 Å². The molecule has 0 nitrogen and oxygen atoms in total. The van der Waals surface area contributed by atoms with E-state index in [1.165, 1.54) is 6.92 Å². The Balaban J connectivity index is 5.30. The molecule has 0 radical (unpaired) electrons. The average Bonchev–Trinajstić information content (AvgIpc) is 2.15. The van der Waals surface area contributed by atoms with Crippen LogP contribution < -0.4 is 0 Å². The Hall–Kier alpha value is -0.420. The normalized spacial score (nSPS) is 16.1. The first-order chi connectivity index (χ1) is 7.52. The van der Waals surface area contributed by atoms with Gasteiger partial charge in [-0.2, -0.15) is 26.3 Å². The number of hydrogen-bond donors (Lipinski definition) is 0. The second kappa shape index (κ2) is 5.48. The van der Waals surface area contributed by atoms with Crippen molar-refractivity contribution in [3.63, 3.8) is 0 Å². The highest BCUT2D eigenvalue weighted by Crippen LogP contribution is 2.56. The fourth-order valence-electron chi connectivity index (χ4n) is 1.98. The van der Waals surface area contributed by atoms with E-state index in [-0.39, 0.29) is 19.8 Å². The third-order valence-electron chi connectivity index (χ3n) is 3.39. The maximum absolute atomic E-state index is 12.7. The molecule has 0 aromatic carbocycles. The smallest absolute Gasteiger partial charge is 0.170 e. The Morgan fingerprint density at radius 2 is 1.29 bits per heavy atom. The van der Waals surface area contributed by atoms with E-state index in [9.17, 15) is 26.3 Å². The number of alkyl halides is 6. The highest BCUT2D eigenvalue weighted by Gasteiger charge is 2.69. The molecule has 0 aliphatic carbocycles. The molecule has 0 fully saturated rings. The van der Waals surface area contributed by atoms with Crippen LogP contribution in [0.1, 0.15) is 46.5 Å². The highest BCUT2D eigenvalue weighted by atomic mass is 19.4. The van der Waals surface area contributed by atoms with Crippen LogP contribution in [-0.4, -0.2) is 12.4 Å². The minimum atomic E-state index is -5.26. The van der Waals surface area contributed by atoms with Gasteiger partial charge < -0.3 is 0 Å². The second-order valence-electron chi connectivity index (χ2n) is 4.45. The quantitative estimate of drug-likeness (QED) is 0.588. The van der Waals surface area contributed by atoms with Gasteiger partial charge in [0, 0.05) is 0 Å². The van der Waals surface area contributed by atoms with Crippen LogP contribution in [0.2, 0.25) is 0 Å². The van der Waals surface area contributed by atoms with Crippen LogP contribution in [0.4, 0.5) is 26.3 Å². The zero-order chi connectivity index (χ0) is 13.9. The second-order valence-corrected chi connectivity index (χ2v) is 4.45. The molecule has 6 heteroatoms. The lowest BCUT2D eigenvalue weighted by atomic mass is 9.72. The predicted molar refractivity (Wildman–Crippen MR) is 53.5 cm³/mol. The van der Waals surface area contributed by atoms with Crippen LogP contribution in [0.25, 0.3) is 0 Å². The van der Waals surface area contributed by atoms with Crippen molar-refractivity contribution in [3.05, 3.63) is 0 Å². The summed E-state index contributed by atoms with van der Waals surface area (Å²) in [6.45, 7) is 3.39. The molecule has 0 aromatic heterocycles. The van der Waals surface area contributed by atoms with E-state index in [1.807, 2.05) is 0 Å². The van der Waals surface area contributed by atoms with Gasteiger partial charge in [-0.3, -0.25) is 0 Å². The first-order valence-electron chi connectivity index (χ1n) is 5.65. The van der Waals surface area contributed by atoms with E-state index in [0.29, 0.717) is 12.8 Å². The molecule has 104 valence electrons. The van der Waals surface area contributed by atoms with E-state index in [2.05, 4.69) is 0 Å². The van der Waals surface area contributed by atoms with Crippen molar-refractivity contribution in [1.29, 1.82) is 0 Å². The molecular formula is C11H18F6. The zero-order valence-electron chi connectivity index (χ0n) is 10.2. The van der Waals surface area contributed by atoms with Crippen molar-refractivity contribution < 1.29 is 26.3 Å². The fourth-order valence-corrected chi connectivity index (χ4v) is 1.98. The van der Waals surface area contributed by atoms with Crippen LogP contribution in [0.3, 0.4) is 0 Å². The lowest BCUT2D eigenvalue weighted by Gasteiger charge is -2.40. The summed E-state index contributed by atoms with van der Waals surface area (Å²) in [5, 5.41) is 0. The van der Waals surface area contributed by atoms with Gasteiger partial charge in [-0.25, -0.2) is 0 Å². The SMILES string of the molecule is CCCCC(CC)C(C)(C(F)(F)F)C(F)(F)F. The number of halogens is 6. The van der Waals surface area contributed by atoms with Crippen molar-refractivity contribution in [2.45, 2.75) is 58.8 Å². The summed E-state index contributed by atoms with van der Waals surface area (Å²) in [4.78, 5) is 0. The van der Waals surface area contributed by atoms with Gasteiger partial charge in [0.1, 0.15) is 0 Å². The molecule has 0 spiro atoms. The van der Waals surface area contributed by atoms with E-state index < -0.39 is 23.7 Å². The maximum atomic E-state index is 12.7. The van der Waals surface area contributed by atoms with Gasteiger partial charge in [-0.1, -0.05) is 33.1 Å². The van der Waals surface area contributed by atoms with E-state index in [0.717, 1.165) is 0 Å². The summed E-state index contributed by atoms with van der Waals surface area (Å²) in [6.07, 6.45) is -9.75. The van der Waals surface area contributed by atoms with Crippen molar-refractivity contribution in [3.8, 4) is 0 Å².